The van der Waals surface area contributed by atoms with Crippen molar-refractivity contribution in [1.82, 2.24) is 10.3 Å². The molecule has 3 aromatic rings. The molecule has 1 aromatic heterocycles. The minimum Gasteiger partial charge on any atom is -0.493 e. The van der Waals surface area contributed by atoms with Gasteiger partial charge in [-0.05, 0) is 24.3 Å². The Morgan fingerprint density at radius 2 is 1.82 bits per heavy atom. The first-order chi connectivity index (χ1) is 13.6. The van der Waals surface area contributed by atoms with Crippen LogP contribution in [0.2, 0.25) is 0 Å². The van der Waals surface area contributed by atoms with E-state index in [1.165, 1.54) is 24.1 Å². The van der Waals surface area contributed by atoms with Gasteiger partial charge in [0, 0.05) is 42.5 Å². The number of pyridine rings is 1. The standard InChI is InChI=1S/C20H18FN3O4/c1-26-18-10-13-15(11-19(18)27-2)22-6-5-16(13)28-17-4-3-12(9-14(17)21)24-8-7-23-20(24)25/h3-6,9-11H,7-8H2,1-2H3,(H,23,25). The fraction of sp³-hybridized carbons (Fsp3) is 0.200. The molecule has 0 unspecified atom stereocenters. The molecule has 4 rings (SSSR count). The number of anilines is 1. The molecule has 0 radical (unpaired) electrons. The number of methoxy groups -OCH3 is 2. The van der Waals surface area contributed by atoms with Crippen molar-refractivity contribution in [2.75, 3.05) is 32.2 Å². The summed E-state index contributed by atoms with van der Waals surface area (Å²) in [6, 6.07) is 9.31. The lowest BCUT2D eigenvalue weighted by molar-refractivity contribution is 0.252. The van der Waals surface area contributed by atoms with Crippen molar-refractivity contribution in [3.8, 4) is 23.0 Å². The highest BCUT2D eigenvalue weighted by Gasteiger charge is 2.22. The van der Waals surface area contributed by atoms with E-state index in [9.17, 15) is 9.18 Å². The summed E-state index contributed by atoms with van der Waals surface area (Å²) >= 11 is 0. The van der Waals surface area contributed by atoms with Crippen LogP contribution in [0.1, 0.15) is 0 Å². The van der Waals surface area contributed by atoms with Crippen molar-refractivity contribution in [1.29, 1.82) is 0 Å². The number of carbonyl (C=O) groups is 1. The molecule has 1 aliphatic rings. The number of ether oxygens (including phenoxy) is 3. The van der Waals surface area contributed by atoms with E-state index < -0.39 is 5.82 Å². The molecule has 8 heteroatoms. The Kier molecular flexibility index (Phi) is 4.60. The second-order valence-corrected chi connectivity index (χ2v) is 6.13. The van der Waals surface area contributed by atoms with Gasteiger partial charge in [0.2, 0.25) is 0 Å². The zero-order chi connectivity index (χ0) is 19.7. The Morgan fingerprint density at radius 1 is 1.04 bits per heavy atom. The molecule has 0 spiro atoms. The molecule has 28 heavy (non-hydrogen) atoms. The minimum atomic E-state index is -0.567. The first kappa shape index (κ1) is 17.8. The van der Waals surface area contributed by atoms with Crippen LogP contribution in [0.3, 0.4) is 0 Å². The van der Waals surface area contributed by atoms with Crippen LogP contribution in [0.25, 0.3) is 10.9 Å². The maximum absolute atomic E-state index is 14.6. The predicted molar refractivity (Wildman–Crippen MR) is 102 cm³/mol. The van der Waals surface area contributed by atoms with Crippen LogP contribution in [0.15, 0.2) is 42.6 Å². The molecule has 0 bridgehead atoms. The molecule has 1 aliphatic heterocycles. The number of rotatable bonds is 5. The zero-order valence-corrected chi connectivity index (χ0v) is 15.4. The van der Waals surface area contributed by atoms with Crippen molar-refractivity contribution < 1.29 is 23.4 Å². The highest BCUT2D eigenvalue weighted by molar-refractivity contribution is 5.94. The summed E-state index contributed by atoms with van der Waals surface area (Å²) in [5.41, 5.74) is 1.10. The molecule has 2 heterocycles. The third-order valence-corrected chi connectivity index (χ3v) is 4.51. The van der Waals surface area contributed by atoms with Gasteiger partial charge in [0.25, 0.3) is 0 Å². The third-order valence-electron chi connectivity index (χ3n) is 4.51. The lowest BCUT2D eigenvalue weighted by atomic mass is 10.1. The van der Waals surface area contributed by atoms with Crippen molar-refractivity contribution in [3.63, 3.8) is 0 Å². The summed E-state index contributed by atoms with van der Waals surface area (Å²) < 4.78 is 31.1. The molecular formula is C20H18FN3O4. The van der Waals surface area contributed by atoms with Gasteiger partial charge in [-0.25, -0.2) is 9.18 Å². The fourth-order valence-corrected chi connectivity index (χ4v) is 3.11. The highest BCUT2D eigenvalue weighted by atomic mass is 19.1. The average molecular weight is 383 g/mol. The Labute approximate surface area is 160 Å². The molecule has 2 amide bonds. The largest absolute Gasteiger partial charge is 0.493 e. The molecule has 144 valence electrons. The molecule has 2 aromatic carbocycles. The smallest absolute Gasteiger partial charge is 0.321 e. The SMILES string of the molecule is COc1cc2nccc(Oc3ccc(N4CCNC4=O)cc3F)c2cc1OC. The zero-order valence-electron chi connectivity index (χ0n) is 15.4. The van der Waals surface area contributed by atoms with E-state index >= 15 is 0 Å². The lowest BCUT2D eigenvalue weighted by Crippen LogP contribution is -2.27. The van der Waals surface area contributed by atoms with Crippen molar-refractivity contribution in [2.45, 2.75) is 0 Å². The van der Waals surface area contributed by atoms with E-state index in [2.05, 4.69) is 10.3 Å². The molecular weight excluding hydrogens is 365 g/mol. The van der Waals surface area contributed by atoms with E-state index in [4.69, 9.17) is 14.2 Å². The number of fused-ring (bicyclic) bond motifs is 1. The van der Waals surface area contributed by atoms with Crippen LogP contribution in [-0.4, -0.2) is 38.3 Å². The van der Waals surface area contributed by atoms with Gasteiger partial charge in [-0.15, -0.1) is 0 Å². The van der Waals surface area contributed by atoms with Gasteiger partial charge >= 0.3 is 6.03 Å². The summed E-state index contributed by atoms with van der Waals surface area (Å²) in [6.45, 7) is 1.03. The highest BCUT2D eigenvalue weighted by Crippen LogP contribution is 2.37. The molecule has 0 atom stereocenters. The normalized spacial score (nSPS) is 13.5. The van der Waals surface area contributed by atoms with Crippen molar-refractivity contribution >= 4 is 22.6 Å². The molecule has 7 nitrogen and oxygen atoms in total. The number of hydrogen-bond acceptors (Lipinski definition) is 5. The number of aromatic nitrogens is 1. The summed E-state index contributed by atoms with van der Waals surface area (Å²) in [4.78, 5) is 17.5. The van der Waals surface area contributed by atoms with Gasteiger partial charge in [-0.3, -0.25) is 9.88 Å². The van der Waals surface area contributed by atoms with E-state index in [0.717, 1.165) is 0 Å². The van der Waals surface area contributed by atoms with Crippen LogP contribution < -0.4 is 24.4 Å². The Morgan fingerprint density at radius 3 is 2.50 bits per heavy atom. The molecule has 1 saturated heterocycles. The van der Waals surface area contributed by atoms with Gasteiger partial charge in [0.15, 0.2) is 23.1 Å². The van der Waals surface area contributed by atoms with Gasteiger partial charge in [0.1, 0.15) is 5.75 Å². The number of amides is 2. The van der Waals surface area contributed by atoms with Crippen molar-refractivity contribution in [3.05, 3.63) is 48.4 Å². The van der Waals surface area contributed by atoms with Crippen LogP contribution in [0.5, 0.6) is 23.0 Å². The van der Waals surface area contributed by atoms with Crippen LogP contribution in [0.4, 0.5) is 14.9 Å². The number of urea groups is 1. The van der Waals surface area contributed by atoms with Gasteiger partial charge in [-0.2, -0.15) is 0 Å². The number of halogens is 1. The van der Waals surface area contributed by atoms with Crippen LogP contribution in [-0.2, 0) is 0 Å². The third kappa shape index (κ3) is 3.13. The molecule has 0 saturated carbocycles. The van der Waals surface area contributed by atoms with Crippen LogP contribution in [0, 0.1) is 5.82 Å². The number of nitrogens with zero attached hydrogens (tertiary/aromatic N) is 2. The quantitative estimate of drug-likeness (QED) is 0.727. The van der Waals surface area contributed by atoms with E-state index in [1.54, 1.807) is 37.6 Å². The molecule has 0 aliphatic carbocycles. The average Bonchev–Trinajstić information content (AvgIpc) is 3.14. The Bertz CT molecular complexity index is 1060. The number of hydrogen-bond donors (Lipinski definition) is 1. The minimum absolute atomic E-state index is 0.0469. The number of carbonyl (C=O) groups excluding carboxylic acids is 1. The van der Waals surface area contributed by atoms with Crippen molar-refractivity contribution in [2.24, 2.45) is 0 Å². The summed E-state index contributed by atoms with van der Waals surface area (Å²) in [5.74, 6) is 0.965. The van der Waals surface area contributed by atoms with Gasteiger partial charge in [0.05, 0.1) is 19.7 Å². The fourth-order valence-electron chi connectivity index (χ4n) is 3.11. The maximum atomic E-state index is 14.6. The van der Waals surface area contributed by atoms with Gasteiger partial charge < -0.3 is 19.5 Å². The van der Waals surface area contributed by atoms with E-state index in [-0.39, 0.29) is 11.8 Å². The number of benzene rings is 2. The van der Waals surface area contributed by atoms with Gasteiger partial charge in [-0.1, -0.05) is 0 Å². The molecule has 1 N–H and O–H groups in total. The Balaban J connectivity index is 1.69. The Hall–Kier alpha value is -3.55. The maximum Gasteiger partial charge on any atom is 0.321 e. The number of nitrogens with one attached hydrogen (secondary N) is 1. The summed E-state index contributed by atoms with van der Waals surface area (Å²) in [7, 11) is 3.08. The second-order valence-electron chi connectivity index (χ2n) is 6.13. The first-order valence-corrected chi connectivity index (χ1v) is 8.64. The lowest BCUT2D eigenvalue weighted by Gasteiger charge is -2.16. The monoisotopic (exact) mass is 383 g/mol. The second kappa shape index (κ2) is 7.22. The van der Waals surface area contributed by atoms with E-state index in [1.807, 2.05) is 0 Å². The first-order valence-electron chi connectivity index (χ1n) is 8.64. The van der Waals surface area contributed by atoms with Crippen LogP contribution >= 0.6 is 0 Å². The topological polar surface area (TPSA) is 72.9 Å². The summed E-state index contributed by atoms with van der Waals surface area (Å²) in [6.07, 6.45) is 1.57. The van der Waals surface area contributed by atoms with E-state index in [0.29, 0.717) is 46.9 Å². The predicted octanol–water partition coefficient (Wildman–Crippen LogP) is 3.71. The summed E-state index contributed by atoms with van der Waals surface area (Å²) in [5, 5.41) is 3.34. The molecule has 1 fully saturated rings.